The molecule has 2 aliphatic rings. The monoisotopic (exact) mass is 541 g/mol. The zero-order chi connectivity index (χ0) is 24.9. The molecular formula is C25H30Cl2FN3O3S. The molecule has 1 aliphatic carbocycles. The number of amides is 1. The first kappa shape index (κ1) is 26.5. The molecule has 1 amide bonds. The lowest BCUT2D eigenvalue weighted by atomic mass is 9.97. The molecule has 1 saturated heterocycles. The topological polar surface area (TPSA) is 54.0 Å². The molecule has 1 saturated carbocycles. The van der Waals surface area contributed by atoms with E-state index in [1.54, 1.807) is 19.2 Å². The highest BCUT2D eigenvalue weighted by atomic mass is 35.5. The number of benzene rings is 2. The Bertz CT molecular complexity index is 1030. The molecule has 1 aliphatic heterocycles. The molecule has 190 valence electrons. The van der Waals surface area contributed by atoms with Crippen molar-refractivity contribution >= 4 is 41.3 Å². The summed E-state index contributed by atoms with van der Waals surface area (Å²) >= 11 is 13.2. The van der Waals surface area contributed by atoms with Gasteiger partial charge in [0, 0.05) is 29.7 Å². The van der Waals surface area contributed by atoms with E-state index in [2.05, 4.69) is 10.3 Å². The van der Waals surface area contributed by atoms with Gasteiger partial charge in [-0.1, -0.05) is 23.2 Å². The summed E-state index contributed by atoms with van der Waals surface area (Å²) in [6.07, 6.45) is 4.04. The number of hydrazine groups is 1. The van der Waals surface area contributed by atoms with Gasteiger partial charge in [0.25, 0.3) is 5.91 Å². The minimum atomic E-state index is -0.590. The number of rotatable bonds is 10. The second-order valence-corrected chi connectivity index (χ2v) is 11.0. The smallest absolute Gasteiger partial charge is 0.269 e. The average molecular weight is 543 g/mol. The Hall–Kier alpha value is -1.55. The second-order valence-electron chi connectivity index (χ2n) is 9.13. The van der Waals surface area contributed by atoms with Gasteiger partial charge in [-0.05, 0) is 86.0 Å². The third-order valence-corrected chi connectivity index (χ3v) is 7.22. The lowest BCUT2D eigenvalue weighted by molar-refractivity contribution is 0.0892. The zero-order valence-corrected chi connectivity index (χ0v) is 22.2. The molecule has 35 heavy (non-hydrogen) atoms. The van der Waals surface area contributed by atoms with Gasteiger partial charge in [-0.2, -0.15) is 0 Å². The minimum absolute atomic E-state index is 0.0113. The maximum Gasteiger partial charge on any atom is 0.269 e. The van der Waals surface area contributed by atoms with Crippen LogP contribution in [-0.4, -0.2) is 49.1 Å². The molecule has 6 nitrogen and oxygen atoms in total. The van der Waals surface area contributed by atoms with Crippen molar-refractivity contribution in [2.24, 2.45) is 5.92 Å². The van der Waals surface area contributed by atoms with Crippen LogP contribution in [-0.2, 0) is 10.7 Å². The van der Waals surface area contributed by atoms with Gasteiger partial charge in [-0.3, -0.25) is 15.1 Å². The first-order chi connectivity index (χ1) is 16.8. The second kappa shape index (κ2) is 12.1. The number of hydrogen-bond donors (Lipinski definition) is 1. The Morgan fingerprint density at radius 2 is 1.83 bits per heavy atom. The zero-order valence-electron chi connectivity index (χ0n) is 19.9. The Morgan fingerprint density at radius 1 is 1.14 bits per heavy atom. The minimum Gasteiger partial charge on any atom is -0.493 e. The largest absolute Gasteiger partial charge is 0.493 e. The predicted molar refractivity (Wildman–Crippen MR) is 138 cm³/mol. The highest BCUT2D eigenvalue weighted by Crippen LogP contribution is 2.45. The molecule has 2 aromatic carbocycles. The van der Waals surface area contributed by atoms with Crippen LogP contribution in [0.2, 0.25) is 10.0 Å². The normalized spacial score (nSPS) is 17.1. The number of nitrogens with zero attached hydrogens (tertiary/aromatic N) is 2. The molecule has 4 rings (SSSR count). The van der Waals surface area contributed by atoms with Crippen molar-refractivity contribution in [3.63, 3.8) is 0 Å². The van der Waals surface area contributed by atoms with Gasteiger partial charge in [0.15, 0.2) is 0 Å². The molecule has 0 radical (unpaired) electrons. The van der Waals surface area contributed by atoms with Crippen LogP contribution in [0.15, 0.2) is 30.3 Å². The van der Waals surface area contributed by atoms with Crippen molar-refractivity contribution in [1.29, 1.82) is 0 Å². The Kier molecular flexibility index (Phi) is 9.18. The summed E-state index contributed by atoms with van der Waals surface area (Å²) in [6.45, 7) is 3.25. The molecule has 0 aromatic heterocycles. The lowest BCUT2D eigenvalue weighted by Crippen LogP contribution is -2.35. The van der Waals surface area contributed by atoms with Crippen LogP contribution in [0.5, 0.6) is 5.75 Å². The van der Waals surface area contributed by atoms with E-state index in [-0.39, 0.29) is 5.56 Å². The van der Waals surface area contributed by atoms with Crippen molar-refractivity contribution in [3.8, 4) is 5.75 Å². The molecule has 1 N–H and O–H groups in total. The number of carbonyl (C=O) groups is 1. The van der Waals surface area contributed by atoms with Gasteiger partial charge in [0.1, 0.15) is 23.8 Å². The Labute approximate surface area is 220 Å². The van der Waals surface area contributed by atoms with E-state index >= 15 is 0 Å². The number of likely N-dealkylation sites (tertiary alicyclic amines) is 1. The predicted octanol–water partition coefficient (Wildman–Crippen LogP) is 6.09. The van der Waals surface area contributed by atoms with Crippen LogP contribution in [0, 0.1) is 11.7 Å². The van der Waals surface area contributed by atoms with E-state index in [1.165, 1.54) is 17.6 Å². The van der Waals surface area contributed by atoms with Crippen LogP contribution >= 0.6 is 35.4 Å². The van der Waals surface area contributed by atoms with Crippen LogP contribution in [0.25, 0.3) is 0 Å². The first-order valence-electron chi connectivity index (χ1n) is 11.7. The fourth-order valence-electron chi connectivity index (χ4n) is 4.40. The van der Waals surface area contributed by atoms with E-state index < -0.39 is 11.7 Å². The van der Waals surface area contributed by atoms with Gasteiger partial charge in [-0.15, -0.1) is 4.41 Å². The summed E-state index contributed by atoms with van der Waals surface area (Å²) in [5.41, 5.74) is 4.62. The van der Waals surface area contributed by atoms with Crippen molar-refractivity contribution in [2.45, 2.75) is 38.1 Å². The van der Waals surface area contributed by atoms with Crippen LogP contribution in [0.4, 0.5) is 4.39 Å². The van der Waals surface area contributed by atoms with Crippen LogP contribution in [0.3, 0.4) is 0 Å². The quantitative estimate of drug-likeness (QED) is 0.223. The number of halogens is 3. The average Bonchev–Trinajstić information content (AvgIpc) is 3.63. The summed E-state index contributed by atoms with van der Waals surface area (Å²) in [4.78, 5) is 14.9. The summed E-state index contributed by atoms with van der Waals surface area (Å²) < 4.78 is 27.3. The lowest BCUT2D eigenvalue weighted by Gasteiger charge is -2.32. The number of nitrogens with one attached hydrogen (secondary N) is 1. The SMILES string of the molecule is COSN(C)NC(=O)c1cc(C2CC2)c(OCC2CCN(Cc3cc(Cl)cc(Cl)c3)CC2)cc1F. The maximum absolute atomic E-state index is 14.9. The number of piperidine rings is 1. The fourth-order valence-corrected chi connectivity index (χ4v) is 5.31. The molecule has 10 heteroatoms. The summed E-state index contributed by atoms with van der Waals surface area (Å²) in [6, 6.07) is 8.66. The molecule has 0 spiro atoms. The molecule has 1 heterocycles. The summed E-state index contributed by atoms with van der Waals surface area (Å²) in [7, 11) is 3.11. The number of hydrogen-bond acceptors (Lipinski definition) is 6. The van der Waals surface area contributed by atoms with E-state index in [9.17, 15) is 9.18 Å². The third kappa shape index (κ3) is 7.47. The maximum atomic E-state index is 14.9. The Balaban J connectivity index is 1.33. The van der Waals surface area contributed by atoms with Crippen molar-refractivity contribution in [2.75, 3.05) is 33.9 Å². The van der Waals surface area contributed by atoms with Crippen molar-refractivity contribution in [3.05, 3.63) is 62.9 Å². The molecule has 0 atom stereocenters. The van der Waals surface area contributed by atoms with E-state index in [1.807, 2.05) is 12.1 Å². The fraction of sp³-hybridized carbons (Fsp3) is 0.480. The van der Waals surface area contributed by atoms with Gasteiger partial charge in [-0.25, -0.2) is 4.39 Å². The molecule has 2 aromatic rings. The Morgan fingerprint density at radius 3 is 2.46 bits per heavy atom. The number of ether oxygens (including phenoxy) is 1. The first-order valence-corrected chi connectivity index (χ1v) is 13.2. The highest BCUT2D eigenvalue weighted by molar-refractivity contribution is 7.92. The van der Waals surface area contributed by atoms with Crippen LogP contribution in [0.1, 0.15) is 53.1 Å². The summed E-state index contributed by atoms with van der Waals surface area (Å²) in [5.74, 6) is 0.155. The molecule has 0 bridgehead atoms. The van der Waals surface area contributed by atoms with Crippen LogP contribution < -0.4 is 10.2 Å². The van der Waals surface area contributed by atoms with E-state index in [0.717, 1.165) is 68.7 Å². The van der Waals surface area contributed by atoms with Crippen molar-refractivity contribution < 1.29 is 18.1 Å². The van der Waals surface area contributed by atoms with Gasteiger partial charge in [0.2, 0.25) is 0 Å². The highest BCUT2D eigenvalue weighted by Gasteiger charge is 2.30. The van der Waals surface area contributed by atoms with Gasteiger partial charge >= 0.3 is 0 Å². The number of carbonyl (C=O) groups excluding carboxylic acids is 1. The molecule has 0 unspecified atom stereocenters. The molecule has 2 fully saturated rings. The third-order valence-electron chi connectivity index (χ3n) is 6.32. The van der Waals surface area contributed by atoms with E-state index in [0.29, 0.717) is 34.2 Å². The summed E-state index contributed by atoms with van der Waals surface area (Å²) in [5, 5.41) is 1.30. The van der Waals surface area contributed by atoms with Gasteiger partial charge < -0.3 is 8.92 Å². The standard InChI is InChI=1S/C25H30Cl2FN3O3S/c1-30(35-33-2)29-25(32)22-12-21(18-3-4-18)24(13-23(22)28)34-15-16-5-7-31(8-6-16)14-17-9-19(26)11-20(27)10-17/h9-13,16,18H,3-8,14-15H2,1-2H3,(H,29,32). The van der Waals surface area contributed by atoms with Gasteiger partial charge in [0.05, 0.1) is 19.3 Å². The van der Waals surface area contributed by atoms with Crippen molar-refractivity contribution in [1.82, 2.24) is 14.7 Å². The molecular weight excluding hydrogens is 512 g/mol. The van der Waals surface area contributed by atoms with E-state index in [4.69, 9.17) is 32.1 Å².